The van der Waals surface area contributed by atoms with Crippen molar-refractivity contribution in [1.29, 1.82) is 0 Å². The van der Waals surface area contributed by atoms with E-state index < -0.39 is 17.8 Å². The Kier molecular flexibility index (Phi) is 9.85. The maximum Gasteiger partial charge on any atom is 0.335 e. The molecule has 10 heteroatoms. The van der Waals surface area contributed by atoms with Gasteiger partial charge in [0.25, 0.3) is 11.8 Å². The van der Waals surface area contributed by atoms with Gasteiger partial charge < -0.3 is 14.2 Å². The lowest BCUT2D eigenvalue weighted by atomic mass is 9.99. The first-order valence-electron chi connectivity index (χ1n) is 12.6. The number of urea groups is 1. The van der Waals surface area contributed by atoms with Crippen LogP contribution >= 0.6 is 38.5 Å². The molecule has 4 rings (SSSR count). The van der Waals surface area contributed by atoms with E-state index in [9.17, 15) is 14.4 Å². The summed E-state index contributed by atoms with van der Waals surface area (Å²) in [7, 11) is 1.51. The Hall–Kier alpha value is -3.38. The first kappa shape index (κ1) is 29.6. The number of hydrogen-bond acceptors (Lipinski definition) is 6. The van der Waals surface area contributed by atoms with Gasteiger partial charge in [0.1, 0.15) is 24.5 Å². The lowest BCUT2D eigenvalue weighted by Crippen LogP contribution is -2.54. The van der Waals surface area contributed by atoms with Crippen LogP contribution in [-0.4, -0.2) is 38.2 Å². The second kappa shape index (κ2) is 13.3. The highest BCUT2D eigenvalue weighted by Crippen LogP contribution is 2.35. The van der Waals surface area contributed by atoms with Crippen LogP contribution in [-0.2, 0) is 9.59 Å². The largest absolute Gasteiger partial charge is 0.493 e. The lowest BCUT2D eigenvalue weighted by molar-refractivity contribution is -0.122. The van der Waals surface area contributed by atoms with Crippen molar-refractivity contribution in [3.05, 3.63) is 85.4 Å². The van der Waals surface area contributed by atoms with E-state index in [0.717, 1.165) is 21.5 Å². The zero-order valence-corrected chi connectivity index (χ0v) is 25.9. The quantitative estimate of drug-likeness (QED) is 0.109. The third-order valence-electron chi connectivity index (χ3n) is 6.41. The zero-order valence-electron chi connectivity index (χ0n) is 22.2. The van der Waals surface area contributed by atoms with E-state index in [1.807, 2.05) is 12.1 Å². The fraction of sp³-hybridized carbons (Fsp3) is 0.233. The van der Waals surface area contributed by atoms with Gasteiger partial charge in [-0.1, -0.05) is 41.9 Å². The number of anilines is 1. The molecule has 0 bridgehead atoms. The molecule has 1 heterocycles. The van der Waals surface area contributed by atoms with E-state index in [1.54, 1.807) is 36.4 Å². The molecule has 0 radical (unpaired) electrons. The Labute approximate surface area is 254 Å². The molecule has 1 unspecified atom stereocenters. The Morgan fingerprint density at radius 2 is 1.68 bits per heavy atom. The number of methoxy groups -OCH3 is 1. The van der Waals surface area contributed by atoms with Crippen molar-refractivity contribution in [1.82, 2.24) is 5.32 Å². The van der Waals surface area contributed by atoms with Crippen molar-refractivity contribution in [2.75, 3.05) is 25.2 Å². The Morgan fingerprint density at radius 3 is 2.33 bits per heavy atom. The van der Waals surface area contributed by atoms with E-state index in [-0.39, 0.29) is 12.2 Å². The number of barbiturate groups is 1. The molecule has 8 nitrogen and oxygen atoms in total. The molecule has 1 fully saturated rings. The number of amides is 4. The monoisotopic (exact) mass is 718 g/mol. The number of benzene rings is 3. The molecule has 40 heavy (non-hydrogen) atoms. The molecule has 0 spiro atoms. The summed E-state index contributed by atoms with van der Waals surface area (Å²) in [6.45, 7) is 4.98. The minimum Gasteiger partial charge on any atom is -0.493 e. The second-order valence-electron chi connectivity index (χ2n) is 9.04. The fourth-order valence-corrected chi connectivity index (χ4v) is 5.09. The number of imide groups is 2. The summed E-state index contributed by atoms with van der Waals surface area (Å²) in [5, 5.41) is 2.23. The molecular formula is C30H28BrIN2O6. The number of carbonyl (C=O) groups excluding carboxylic acids is 3. The standard InChI is InChI=1S/C30H28BrIN2O6/c1-4-18(2)20-5-11-23(12-6-20)39-13-14-40-27-25(32)16-19(17-26(27)38-3)15-24-28(35)33-30(37)34(29(24)36)22-9-7-21(31)8-10-22/h5-12,15-18H,4,13-14H2,1-3H3,(H,33,35,37)/b24-15-. The number of halogens is 2. The summed E-state index contributed by atoms with van der Waals surface area (Å²) < 4.78 is 18.8. The number of carbonyl (C=O) groups is 3. The van der Waals surface area contributed by atoms with Gasteiger partial charge in [-0.05, 0) is 101 Å². The summed E-state index contributed by atoms with van der Waals surface area (Å²) in [4.78, 5) is 39.2. The SMILES string of the molecule is CCC(C)c1ccc(OCCOc2c(I)cc(/C=C3/C(=O)NC(=O)N(c4ccc(Br)cc4)C3=O)cc2OC)cc1. The fourth-order valence-electron chi connectivity index (χ4n) is 4.04. The minimum atomic E-state index is -0.806. The number of nitrogens with zero attached hydrogens (tertiary/aromatic N) is 1. The predicted octanol–water partition coefficient (Wildman–Crippen LogP) is 6.70. The molecule has 1 atom stereocenters. The second-order valence-corrected chi connectivity index (χ2v) is 11.1. The van der Waals surface area contributed by atoms with Gasteiger partial charge in [0.2, 0.25) is 0 Å². The Bertz CT molecular complexity index is 1440. The molecule has 0 aliphatic carbocycles. The van der Waals surface area contributed by atoms with Crippen LogP contribution < -0.4 is 24.4 Å². The van der Waals surface area contributed by atoms with Crippen LogP contribution in [0.5, 0.6) is 17.2 Å². The van der Waals surface area contributed by atoms with Crippen LogP contribution in [0.3, 0.4) is 0 Å². The highest BCUT2D eigenvalue weighted by Gasteiger charge is 2.36. The van der Waals surface area contributed by atoms with Crippen molar-refractivity contribution in [2.24, 2.45) is 0 Å². The smallest absolute Gasteiger partial charge is 0.335 e. The lowest BCUT2D eigenvalue weighted by Gasteiger charge is -2.26. The van der Waals surface area contributed by atoms with Crippen LogP contribution in [0.1, 0.15) is 37.3 Å². The Balaban J connectivity index is 1.47. The molecular weight excluding hydrogens is 691 g/mol. The summed E-state index contributed by atoms with van der Waals surface area (Å²) in [6, 6.07) is 17.3. The normalized spacial score (nSPS) is 15.2. The van der Waals surface area contributed by atoms with Crippen molar-refractivity contribution in [3.8, 4) is 17.2 Å². The van der Waals surface area contributed by atoms with E-state index >= 15 is 0 Å². The number of nitrogens with one attached hydrogen (secondary N) is 1. The van der Waals surface area contributed by atoms with Crippen LogP contribution in [0.15, 0.2) is 70.7 Å². The first-order chi connectivity index (χ1) is 19.2. The highest BCUT2D eigenvalue weighted by atomic mass is 127. The van der Waals surface area contributed by atoms with Crippen molar-refractivity contribution >= 4 is 68.1 Å². The summed E-state index contributed by atoms with van der Waals surface area (Å²) >= 11 is 5.44. The van der Waals surface area contributed by atoms with Crippen molar-refractivity contribution < 1.29 is 28.6 Å². The number of ether oxygens (including phenoxy) is 3. The van der Waals surface area contributed by atoms with E-state index in [4.69, 9.17) is 14.2 Å². The van der Waals surface area contributed by atoms with Gasteiger partial charge in [0.05, 0.1) is 16.4 Å². The molecule has 3 aromatic rings. The van der Waals surface area contributed by atoms with Gasteiger partial charge >= 0.3 is 6.03 Å². The maximum atomic E-state index is 13.2. The summed E-state index contributed by atoms with van der Waals surface area (Å²) in [5.41, 5.74) is 1.98. The average molecular weight is 719 g/mol. The van der Waals surface area contributed by atoms with E-state index in [2.05, 4.69) is 69.8 Å². The predicted molar refractivity (Wildman–Crippen MR) is 165 cm³/mol. The summed E-state index contributed by atoms with van der Waals surface area (Å²) in [6.07, 6.45) is 2.51. The van der Waals surface area contributed by atoms with Gasteiger partial charge in [0, 0.05) is 4.47 Å². The van der Waals surface area contributed by atoms with Crippen molar-refractivity contribution in [3.63, 3.8) is 0 Å². The molecule has 1 N–H and O–H groups in total. The van der Waals surface area contributed by atoms with E-state index in [0.29, 0.717) is 38.8 Å². The summed E-state index contributed by atoms with van der Waals surface area (Å²) in [5.74, 6) is 0.731. The molecule has 1 saturated heterocycles. The first-order valence-corrected chi connectivity index (χ1v) is 14.5. The maximum absolute atomic E-state index is 13.2. The molecule has 1 aliphatic heterocycles. The van der Waals surface area contributed by atoms with Crippen LogP contribution in [0.25, 0.3) is 6.08 Å². The molecule has 3 aromatic carbocycles. The van der Waals surface area contributed by atoms with Gasteiger partial charge in [-0.2, -0.15) is 0 Å². The third-order valence-corrected chi connectivity index (χ3v) is 7.74. The Morgan fingerprint density at radius 1 is 1.00 bits per heavy atom. The number of rotatable bonds is 10. The molecule has 1 aliphatic rings. The molecule has 0 aromatic heterocycles. The van der Waals surface area contributed by atoms with E-state index in [1.165, 1.54) is 18.7 Å². The van der Waals surface area contributed by atoms with Gasteiger partial charge in [0.15, 0.2) is 11.5 Å². The van der Waals surface area contributed by atoms with Crippen LogP contribution in [0.2, 0.25) is 0 Å². The van der Waals surface area contributed by atoms with Crippen molar-refractivity contribution in [2.45, 2.75) is 26.2 Å². The van der Waals surface area contributed by atoms with Crippen LogP contribution in [0, 0.1) is 3.57 Å². The molecule has 4 amide bonds. The minimum absolute atomic E-state index is 0.179. The third kappa shape index (κ3) is 6.84. The highest BCUT2D eigenvalue weighted by molar-refractivity contribution is 14.1. The topological polar surface area (TPSA) is 94.2 Å². The van der Waals surface area contributed by atoms with Gasteiger partial charge in [-0.3, -0.25) is 14.9 Å². The average Bonchev–Trinajstić information content (AvgIpc) is 2.94. The molecule has 208 valence electrons. The molecule has 0 saturated carbocycles. The van der Waals surface area contributed by atoms with Crippen LogP contribution in [0.4, 0.5) is 10.5 Å². The van der Waals surface area contributed by atoms with Gasteiger partial charge in [-0.15, -0.1) is 0 Å². The number of hydrogen-bond donors (Lipinski definition) is 1. The van der Waals surface area contributed by atoms with Gasteiger partial charge in [-0.25, -0.2) is 9.69 Å². The zero-order chi connectivity index (χ0) is 28.8.